The lowest BCUT2D eigenvalue weighted by molar-refractivity contribution is 0.424. The van der Waals surface area contributed by atoms with E-state index < -0.39 is 0 Å². The summed E-state index contributed by atoms with van der Waals surface area (Å²) in [7, 11) is 0. The molecule has 2 atom stereocenters. The molecule has 1 aliphatic carbocycles. The minimum atomic E-state index is 0.686. The molecule has 1 fully saturated rings. The Kier molecular flexibility index (Phi) is 4.05. The molecule has 1 aliphatic heterocycles. The highest BCUT2D eigenvalue weighted by Gasteiger charge is 2.22. The molecular formula is C10H18N2S2. The van der Waals surface area contributed by atoms with E-state index in [2.05, 4.69) is 16.6 Å². The van der Waals surface area contributed by atoms with Gasteiger partial charge < -0.3 is 5.32 Å². The van der Waals surface area contributed by atoms with E-state index in [-0.39, 0.29) is 0 Å². The molecule has 2 nitrogen and oxygen atoms in total. The molecule has 2 unspecified atom stereocenters. The lowest BCUT2D eigenvalue weighted by atomic mass is 9.95. The van der Waals surface area contributed by atoms with Crippen LogP contribution in [0, 0.1) is 0 Å². The number of nitrogens with zero attached hydrogens (tertiary/aromatic N) is 1. The SMILES string of the molecule is CSC1CCCC(NC2=NCCS2)C1. The monoisotopic (exact) mass is 230 g/mol. The van der Waals surface area contributed by atoms with Crippen LogP contribution in [0.15, 0.2) is 4.99 Å². The zero-order valence-electron chi connectivity index (χ0n) is 8.66. The Labute approximate surface area is 94.7 Å². The molecule has 0 saturated heterocycles. The van der Waals surface area contributed by atoms with Crippen LogP contribution in [0.1, 0.15) is 25.7 Å². The van der Waals surface area contributed by atoms with Crippen LogP contribution in [-0.4, -0.2) is 35.0 Å². The Balaban J connectivity index is 1.79. The van der Waals surface area contributed by atoms with Crippen LogP contribution < -0.4 is 5.32 Å². The first-order valence-corrected chi connectivity index (χ1v) is 7.62. The Morgan fingerprint density at radius 2 is 2.43 bits per heavy atom. The fourth-order valence-corrected chi connectivity index (χ4v) is 3.72. The summed E-state index contributed by atoms with van der Waals surface area (Å²) >= 11 is 3.90. The first-order chi connectivity index (χ1) is 6.88. The van der Waals surface area contributed by atoms with Crippen LogP contribution in [0.3, 0.4) is 0 Å². The molecular weight excluding hydrogens is 212 g/mol. The average molecular weight is 230 g/mol. The minimum Gasteiger partial charge on any atom is -0.362 e. The van der Waals surface area contributed by atoms with Gasteiger partial charge in [0.05, 0.1) is 6.54 Å². The molecule has 80 valence electrons. The van der Waals surface area contributed by atoms with Crippen molar-refractivity contribution in [3.63, 3.8) is 0 Å². The molecule has 0 aromatic rings. The topological polar surface area (TPSA) is 24.4 Å². The zero-order valence-corrected chi connectivity index (χ0v) is 10.3. The smallest absolute Gasteiger partial charge is 0.156 e. The number of nitrogens with one attached hydrogen (secondary N) is 1. The van der Waals surface area contributed by atoms with Gasteiger partial charge in [-0.3, -0.25) is 4.99 Å². The maximum absolute atomic E-state index is 4.44. The minimum absolute atomic E-state index is 0.686. The second kappa shape index (κ2) is 5.31. The summed E-state index contributed by atoms with van der Waals surface area (Å²) in [4.78, 5) is 4.44. The number of amidine groups is 1. The molecule has 1 heterocycles. The molecule has 0 amide bonds. The van der Waals surface area contributed by atoms with Gasteiger partial charge in [-0.15, -0.1) is 0 Å². The number of rotatable bonds is 2. The quantitative estimate of drug-likeness (QED) is 0.788. The third-order valence-electron chi connectivity index (χ3n) is 2.87. The Morgan fingerprint density at radius 1 is 1.50 bits per heavy atom. The number of hydrogen-bond acceptors (Lipinski definition) is 4. The first kappa shape index (κ1) is 10.7. The second-order valence-corrected chi connectivity index (χ2v) is 6.12. The van der Waals surface area contributed by atoms with Gasteiger partial charge in [-0.1, -0.05) is 18.2 Å². The summed E-state index contributed by atoms with van der Waals surface area (Å²) in [6, 6.07) is 0.686. The van der Waals surface area contributed by atoms with Crippen LogP contribution in [0.5, 0.6) is 0 Å². The van der Waals surface area contributed by atoms with Gasteiger partial charge in [0.2, 0.25) is 0 Å². The van der Waals surface area contributed by atoms with Crippen molar-refractivity contribution in [3.8, 4) is 0 Å². The maximum Gasteiger partial charge on any atom is 0.156 e. The van der Waals surface area contributed by atoms with Crippen LogP contribution in [0.25, 0.3) is 0 Å². The summed E-state index contributed by atoms with van der Waals surface area (Å²) < 4.78 is 0. The van der Waals surface area contributed by atoms with E-state index in [0.717, 1.165) is 11.8 Å². The molecule has 0 spiro atoms. The van der Waals surface area contributed by atoms with E-state index >= 15 is 0 Å². The standard InChI is InChI=1S/C10H18N2S2/c1-13-9-4-2-3-8(7-9)12-10-11-5-6-14-10/h8-9H,2-7H2,1H3,(H,11,12). The number of hydrogen-bond donors (Lipinski definition) is 1. The number of aliphatic imine (C=N–C) groups is 1. The third-order valence-corrected chi connectivity index (χ3v) is 4.87. The van der Waals surface area contributed by atoms with Crippen molar-refractivity contribution in [2.75, 3.05) is 18.6 Å². The molecule has 0 aromatic carbocycles. The lowest BCUT2D eigenvalue weighted by Gasteiger charge is -2.29. The van der Waals surface area contributed by atoms with E-state index in [0.29, 0.717) is 6.04 Å². The highest BCUT2D eigenvalue weighted by atomic mass is 32.2. The van der Waals surface area contributed by atoms with Crippen molar-refractivity contribution in [2.24, 2.45) is 4.99 Å². The summed E-state index contributed by atoms with van der Waals surface area (Å²) in [6.45, 7) is 1.01. The maximum atomic E-state index is 4.44. The van der Waals surface area contributed by atoms with Crippen LogP contribution >= 0.6 is 23.5 Å². The average Bonchev–Trinajstić information content (AvgIpc) is 2.71. The molecule has 0 bridgehead atoms. The van der Waals surface area contributed by atoms with Gasteiger partial charge in [-0.2, -0.15) is 11.8 Å². The highest BCUT2D eigenvalue weighted by Crippen LogP contribution is 2.27. The predicted octanol–water partition coefficient (Wildman–Crippen LogP) is 2.35. The Hall–Kier alpha value is 0.170. The molecule has 1 N–H and O–H groups in total. The van der Waals surface area contributed by atoms with Crippen LogP contribution in [-0.2, 0) is 0 Å². The van der Waals surface area contributed by atoms with E-state index in [9.17, 15) is 0 Å². The molecule has 14 heavy (non-hydrogen) atoms. The van der Waals surface area contributed by atoms with E-state index in [4.69, 9.17) is 0 Å². The molecule has 4 heteroatoms. The fraction of sp³-hybridized carbons (Fsp3) is 0.900. The van der Waals surface area contributed by atoms with Gasteiger partial charge in [0.25, 0.3) is 0 Å². The lowest BCUT2D eigenvalue weighted by Crippen LogP contribution is -2.37. The summed E-state index contributed by atoms with van der Waals surface area (Å²) in [5.74, 6) is 1.17. The molecule has 0 radical (unpaired) electrons. The summed E-state index contributed by atoms with van der Waals surface area (Å²) in [5, 5.41) is 5.64. The van der Waals surface area contributed by atoms with Crippen molar-refractivity contribution < 1.29 is 0 Å². The molecule has 2 aliphatic rings. The van der Waals surface area contributed by atoms with Crippen molar-refractivity contribution in [1.29, 1.82) is 0 Å². The van der Waals surface area contributed by atoms with Crippen LogP contribution in [0.4, 0.5) is 0 Å². The second-order valence-electron chi connectivity index (χ2n) is 3.90. The van der Waals surface area contributed by atoms with Gasteiger partial charge in [-0.25, -0.2) is 0 Å². The van der Waals surface area contributed by atoms with Gasteiger partial charge >= 0.3 is 0 Å². The summed E-state index contributed by atoms with van der Waals surface area (Å²) in [6.07, 6.45) is 7.66. The zero-order chi connectivity index (χ0) is 9.80. The highest BCUT2D eigenvalue weighted by molar-refractivity contribution is 8.14. The first-order valence-electron chi connectivity index (χ1n) is 5.35. The van der Waals surface area contributed by atoms with Crippen molar-refractivity contribution in [1.82, 2.24) is 5.32 Å². The fourth-order valence-electron chi connectivity index (χ4n) is 2.09. The normalized spacial score (nSPS) is 32.8. The largest absolute Gasteiger partial charge is 0.362 e. The van der Waals surface area contributed by atoms with Crippen molar-refractivity contribution >= 4 is 28.7 Å². The van der Waals surface area contributed by atoms with Gasteiger partial charge in [0.15, 0.2) is 5.17 Å². The molecule has 0 aromatic heterocycles. The van der Waals surface area contributed by atoms with E-state index in [1.165, 1.54) is 36.6 Å². The number of thioether (sulfide) groups is 2. The van der Waals surface area contributed by atoms with Gasteiger partial charge in [0.1, 0.15) is 0 Å². The van der Waals surface area contributed by atoms with Crippen molar-refractivity contribution in [2.45, 2.75) is 37.0 Å². The van der Waals surface area contributed by atoms with E-state index in [1.807, 2.05) is 23.5 Å². The van der Waals surface area contributed by atoms with Crippen LogP contribution in [0.2, 0.25) is 0 Å². The Bertz CT molecular complexity index is 218. The summed E-state index contributed by atoms with van der Waals surface area (Å²) in [5.41, 5.74) is 0. The van der Waals surface area contributed by atoms with Gasteiger partial charge in [0, 0.05) is 17.0 Å². The third kappa shape index (κ3) is 2.83. The van der Waals surface area contributed by atoms with Crippen molar-refractivity contribution in [3.05, 3.63) is 0 Å². The molecule has 2 rings (SSSR count). The van der Waals surface area contributed by atoms with Gasteiger partial charge in [-0.05, 0) is 25.5 Å². The van der Waals surface area contributed by atoms with E-state index in [1.54, 1.807) is 0 Å². The predicted molar refractivity (Wildman–Crippen MR) is 67.5 cm³/mol. The molecule has 1 saturated carbocycles. The Morgan fingerprint density at radius 3 is 3.14 bits per heavy atom.